The Balaban J connectivity index is 1.65. The Bertz CT molecular complexity index is 492. The van der Waals surface area contributed by atoms with Crippen LogP contribution in [0.2, 0.25) is 0 Å². The maximum atomic E-state index is 12.0. The summed E-state index contributed by atoms with van der Waals surface area (Å²) in [5.74, 6) is 0.789. The van der Waals surface area contributed by atoms with Gasteiger partial charge in [0, 0.05) is 32.7 Å². The lowest BCUT2D eigenvalue weighted by Crippen LogP contribution is -2.59. The van der Waals surface area contributed by atoms with Crippen molar-refractivity contribution >= 4 is 10.0 Å². The van der Waals surface area contributed by atoms with Gasteiger partial charge in [0.1, 0.15) is 5.60 Å². The average Bonchev–Trinajstić information content (AvgIpc) is 2.71. The number of ether oxygens (including phenoxy) is 2. The van der Waals surface area contributed by atoms with Crippen LogP contribution in [0.25, 0.3) is 0 Å². The summed E-state index contributed by atoms with van der Waals surface area (Å²) in [5, 5.41) is 0. The van der Waals surface area contributed by atoms with E-state index in [1.807, 2.05) is 0 Å². The molecule has 3 rings (SSSR count). The van der Waals surface area contributed by atoms with Crippen molar-refractivity contribution in [3.05, 3.63) is 0 Å². The number of sulfonamides is 1. The van der Waals surface area contributed by atoms with Gasteiger partial charge in [0.05, 0.1) is 26.1 Å². The highest BCUT2D eigenvalue weighted by molar-refractivity contribution is 7.88. The highest BCUT2D eigenvalue weighted by atomic mass is 32.2. The van der Waals surface area contributed by atoms with Gasteiger partial charge in [-0.15, -0.1) is 0 Å². The topological polar surface area (TPSA) is 59.1 Å². The predicted molar refractivity (Wildman–Crippen MR) is 88.9 cm³/mol. The molecule has 2 aliphatic heterocycles. The summed E-state index contributed by atoms with van der Waals surface area (Å²) in [6.45, 7) is 5.25. The van der Waals surface area contributed by atoms with Crippen LogP contribution in [0, 0.1) is 5.92 Å². The zero-order chi connectivity index (χ0) is 16.3. The second-order valence-electron chi connectivity index (χ2n) is 7.42. The van der Waals surface area contributed by atoms with E-state index >= 15 is 0 Å². The highest BCUT2D eigenvalue weighted by Crippen LogP contribution is 2.28. The molecule has 0 aromatic rings. The molecule has 0 bridgehead atoms. The van der Waals surface area contributed by atoms with Gasteiger partial charge in [-0.1, -0.05) is 19.3 Å². The standard InChI is InChI=1S/C16H30N2O4S/c1-23(19,20)18-8-9-21-14-16(13-18)12-17(7-10-22-16)11-15-5-3-2-4-6-15/h15H,2-14H2,1H3. The van der Waals surface area contributed by atoms with Gasteiger partial charge < -0.3 is 9.47 Å². The number of nitrogens with zero attached hydrogens (tertiary/aromatic N) is 2. The first-order valence-corrected chi connectivity index (χ1v) is 10.7. The van der Waals surface area contributed by atoms with Gasteiger partial charge in [0.25, 0.3) is 0 Å². The van der Waals surface area contributed by atoms with E-state index in [2.05, 4.69) is 4.90 Å². The van der Waals surface area contributed by atoms with Crippen LogP contribution in [0.3, 0.4) is 0 Å². The SMILES string of the molecule is CS(=O)(=O)N1CCOCC2(CN(CC3CCCCC3)CCO2)C1. The van der Waals surface area contributed by atoms with E-state index in [9.17, 15) is 8.42 Å². The van der Waals surface area contributed by atoms with Crippen molar-refractivity contribution in [3.63, 3.8) is 0 Å². The zero-order valence-electron chi connectivity index (χ0n) is 14.2. The van der Waals surface area contributed by atoms with E-state index in [0.29, 0.717) is 32.9 Å². The van der Waals surface area contributed by atoms with Gasteiger partial charge in [-0.25, -0.2) is 8.42 Å². The minimum Gasteiger partial charge on any atom is -0.377 e. The molecule has 3 fully saturated rings. The van der Waals surface area contributed by atoms with E-state index in [0.717, 1.165) is 25.6 Å². The largest absolute Gasteiger partial charge is 0.377 e. The van der Waals surface area contributed by atoms with Crippen molar-refractivity contribution in [1.29, 1.82) is 0 Å². The van der Waals surface area contributed by atoms with E-state index < -0.39 is 15.6 Å². The normalized spacial score (nSPS) is 32.9. The Morgan fingerprint density at radius 1 is 1.09 bits per heavy atom. The van der Waals surface area contributed by atoms with Crippen molar-refractivity contribution in [2.45, 2.75) is 37.7 Å². The third-order valence-electron chi connectivity index (χ3n) is 5.35. The van der Waals surface area contributed by atoms with Crippen LogP contribution < -0.4 is 0 Å². The summed E-state index contributed by atoms with van der Waals surface area (Å²) in [7, 11) is -3.21. The van der Waals surface area contributed by atoms with E-state index in [-0.39, 0.29) is 0 Å². The molecule has 1 spiro atoms. The molecule has 3 aliphatic rings. The van der Waals surface area contributed by atoms with Crippen LogP contribution >= 0.6 is 0 Å². The number of rotatable bonds is 3. The molecule has 0 radical (unpaired) electrons. The first-order valence-electron chi connectivity index (χ1n) is 8.86. The van der Waals surface area contributed by atoms with Crippen LogP contribution in [0.5, 0.6) is 0 Å². The van der Waals surface area contributed by atoms with Crippen molar-refractivity contribution in [3.8, 4) is 0 Å². The second-order valence-corrected chi connectivity index (χ2v) is 9.40. The molecule has 23 heavy (non-hydrogen) atoms. The van der Waals surface area contributed by atoms with Gasteiger partial charge in [0.2, 0.25) is 10.0 Å². The average molecular weight is 346 g/mol. The Morgan fingerprint density at radius 2 is 1.87 bits per heavy atom. The maximum absolute atomic E-state index is 12.0. The molecular weight excluding hydrogens is 316 g/mol. The molecule has 7 heteroatoms. The van der Waals surface area contributed by atoms with Crippen LogP contribution in [-0.2, 0) is 19.5 Å². The first-order chi connectivity index (χ1) is 11.0. The molecule has 1 saturated carbocycles. The lowest BCUT2D eigenvalue weighted by molar-refractivity contribution is -0.140. The van der Waals surface area contributed by atoms with Crippen LogP contribution in [0.4, 0.5) is 0 Å². The smallest absolute Gasteiger partial charge is 0.211 e. The highest BCUT2D eigenvalue weighted by Gasteiger charge is 2.42. The van der Waals surface area contributed by atoms with Gasteiger partial charge in [-0.3, -0.25) is 4.90 Å². The Labute approximate surface area is 140 Å². The fourth-order valence-electron chi connectivity index (χ4n) is 4.15. The van der Waals surface area contributed by atoms with Gasteiger partial charge in [0.15, 0.2) is 0 Å². The monoisotopic (exact) mass is 346 g/mol. The van der Waals surface area contributed by atoms with Crippen molar-refractivity contribution in [1.82, 2.24) is 9.21 Å². The molecule has 0 N–H and O–H groups in total. The van der Waals surface area contributed by atoms with Crippen molar-refractivity contribution < 1.29 is 17.9 Å². The molecule has 1 atom stereocenters. The molecule has 0 aromatic carbocycles. The van der Waals surface area contributed by atoms with Crippen LogP contribution in [-0.4, -0.2) is 82.0 Å². The molecule has 0 amide bonds. The van der Waals surface area contributed by atoms with Gasteiger partial charge >= 0.3 is 0 Å². The Hall–Kier alpha value is -0.210. The van der Waals surface area contributed by atoms with E-state index in [4.69, 9.17) is 9.47 Å². The minimum atomic E-state index is -3.21. The number of morpholine rings is 1. The molecule has 2 saturated heterocycles. The molecule has 2 heterocycles. The van der Waals surface area contributed by atoms with Crippen molar-refractivity contribution in [2.24, 2.45) is 5.92 Å². The third kappa shape index (κ3) is 4.66. The van der Waals surface area contributed by atoms with Crippen molar-refractivity contribution in [2.75, 3.05) is 58.8 Å². The van der Waals surface area contributed by atoms with Crippen LogP contribution in [0.1, 0.15) is 32.1 Å². The Morgan fingerprint density at radius 3 is 2.61 bits per heavy atom. The molecule has 134 valence electrons. The Kier molecular flexibility index (Phi) is 5.63. The summed E-state index contributed by atoms with van der Waals surface area (Å²) in [5.41, 5.74) is -0.507. The summed E-state index contributed by atoms with van der Waals surface area (Å²) in [6, 6.07) is 0. The van der Waals surface area contributed by atoms with Gasteiger partial charge in [-0.2, -0.15) is 4.31 Å². The predicted octanol–water partition coefficient (Wildman–Crippen LogP) is 0.929. The molecule has 1 aliphatic carbocycles. The molecule has 6 nitrogen and oxygen atoms in total. The minimum absolute atomic E-state index is 0.410. The molecular formula is C16H30N2O4S. The van der Waals surface area contributed by atoms with E-state index in [1.165, 1.54) is 42.7 Å². The maximum Gasteiger partial charge on any atom is 0.211 e. The number of hydrogen-bond acceptors (Lipinski definition) is 5. The summed E-state index contributed by atoms with van der Waals surface area (Å²) in [6.07, 6.45) is 8.01. The summed E-state index contributed by atoms with van der Waals surface area (Å²) >= 11 is 0. The number of hydrogen-bond donors (Lipinski definition) is 0. The fourth-order valence-corrected chi connectivity index (χ4v) is 5.03. The van der Waals surface area contributed by atoms with Gasteiger partial charge in [-0.05, 0) is 18.8 Å². The summed E-state index contributed by atoms with van der Waals surface area (Å²) in [4.78, 5) is 2.47. The zero-order valence-corrected chi connectivity index (χ0v) is 15.0. The van der Waals surface area contributed by atoms with E-state index in [1.54, 1.807) is 0 Å². The quantitative estimate of drug-likeness (QED) is 0.761. The second kappa shape index (κ2) is 7.35. The first kappa shape index (κ1) is 17.6. The molecule has 1 unspecified atom stereocenters. The fraction of sp³-hybridized carbons (Fsp3) is 1.00. The molecule has 0 aromatic heterocycles. The lowest BCUT2D eigenvalue weighted by Gasteiger charge is -2.44. The lowest BCUT2D eigenvalue weighted by atomic mass is 9.88. The van der Waals surface area contributed by atoms with Crippen LogP contribution in [0.15, 0.2) is 0 Å². The summed E-state index contributed by atoms with van der Waals surface area (Å²) < 4.78 is 37.2. The third-order valence-corrected chi connectivity index (χ3v) is 6.60.